The molecular weight excluding hydrogens is 322 g/mol. The molecule has 0 saturated carbocycles. The molecule has 4 nitrogen and oxygen atoms in total. The van der Waals surface area contributed by atoms with Crippen LogP contribution >= 0.6 is 11.8 Å². The smallest absolute Gasteiger partial charge is 0.221 e. The van der Waals surface area contributed by atoms with E-state index < -0.39 is 0 Å². The van der Waals surface area contributed by atoms with Crippen molar-refractivity contribution in [3.63, 3.8) is 0 Å². The average molecular weight is 343 g/mol. The number of Topliss-reactive ketones (excluding diaryl/α,β-unsaturated/α-hetero) is 1. The third-order valence-corrected chi connectivity index (χ3v) is 4.42. The fraction of sp³-hybridized carbons (Fsp3) is 0.263. The Kier molecular flexibility index (Phi) is 6.44. The molecule has 126 valence electrons. The van der Waals surface area contributed by atoms with Crippen molar-refractivity contribution < 1.29 is 14.3 Å². The average Bonchev–Trinajstić information content (AvgIpc) is 2.56. The SMILES string of the molecule is CCOc1ccc(C(=O)[C@H](C)Sc2ccc(NC(C)=O)cc2)cc1. The van der Waals surface area contributed by atoms with Crippen molar-refractivity contribution in [2.24, 2.45) is 0 Å². The van der Waals surface area contributed by atoms with E-state index in [4.69, 9.17) is 4.74 Å². The van der Waals surface area contributed by atoms with Gasteiger partial charge in [-0.2, -0.15) is 0 Å². The van der Waals surface area contributed by atoms with Crippen LogP contribution in [0.5, 0.6) is 5.75 Å². The molecule has 0 radical (unpaired) electrons. The highest BCUT2D eigenvalue weighted by Crippen LogP contribution is 2.27. The Bertz CT molecular complexity index is 696. The van der Waals surface area contributed by atoms with E-state index >= 15 is 0 Å². The molecule has 0 aliphatic carbocycles. The predicted molar refractivity (Wildman–Crippen MR) is 98.0 cm³/mol. The number of benzene rings is 2. The van der Waals surface area contributed by atoms with Crippen LogP contribution in [-0.2, 0) is 4.79 Å². The second kappa shape index (κ2) is 8.55. The fourth-order valence-electron chi connectivity index (χ4n) is 2.19. The van der Waals surface area contributed by atoms with Crippen LogP contribution in [0.1, 0.15) is 31.1 Å². The fourth-order valence-corrected chi connectivity index (χ4v) is 3.14. The van der Waals surface area contributed by atoms with Gasteiger partial charge in [-0.15, -0.1) is 11.8 Å². The molecule has 0 bridgehead atoms. The summed E-state index contributed by atoms with van der Waals surface area (Å²) in [6, 6.07) is 14.7. The maximum Gasteiger partial charge on any atom is 0.221 e. The van der Waals surface area contributed by atoms with Crippen molar-refractivity contribution in [1.29, 1.82) is 0 Å². The van der Waals surface area contributed by atoms with Gasteiger partial charge in [0.2, 0.25) is 5.91 Å². The minimum absolute atomic E-state index is 0.0778. The summed E-state index contributed by atoms with van der Waals surface area (Å²) in [6.07, 6.45) is 0. The number of ketones is 1. The first-order valence-electron chi connectivity index (χ1n) is 7.81. The van der Waals surface area contributed by atoms with Crippen LogP contribution in [-0.4, -0.2) is 23.5 Å². The first-order chi connectivity index (χ1) is 11.5. The molecule has 0 saturated heterocycles. The molecule has 5 heteroatoms. The Morgan fingerprint density at radius 3 is 2.25 bits per heavy atom. The number of hydrogen-bond acceptors (Lipinski definition) is 4. The first-order valence-corrected chi connectivity index (χ1v) is 8.69. The third kappa shape index (κ3) is 5.13. The summed E-state index contributed by atoms with van der Waals surface area (Å²) >= 11 is 1.50. The topological polar surface area (TPSA) is 55.4 Å². The first kappa shape index (κ1) is 18.1. The van der Waals surface area contributed by atoms with Crippen LogP contribution < -0.4 is 10.1 Å². The normalized spacial score (nSPS) is 11.6. The summed E-state index contributed by atoms with van der Waals surface area (Å²) in [6.45, 7) is 5.90. The second-order valence-electron chi connectivity index (χ2n) is 5.29. The zero-order valence-corrected chi connectivity index (χ0v) is 14.9. The molecule has 1 atom stereocenters. The molecule has 0 unspecified atom stereocenters. The molecule has 1 amide bonds. The van der Waals surface area contributed by atoms with Gasteiger partial charge in [0.05, 0.1) is 11.9 Å². The van der Waals surface area contributed by atoms with Gasteiger partial charge in [0, 0.05) is 23.1 Å². The van der Waals surface area contributed by atoms with Gasteiger partial charge in [-0.3, -0.25) is 9.59 Å². The van der Waals surface area contributed by atoms with E-state index in [0.29, 0.717) is 12.2 Å². The lowest BCUT2D eigenvalue weighted by Gasteiger charge is -2.11. The number of amides is 1. The lowest BCUT2D eigenvalue weighted by atomic mass is 10.1. The summed E-state index contributed by atoms with van der Waals surface area (Å²) in [5, 5.41) is 2.52. The molecule has 24 heavy (non-hydrogen) atoms. The monoisotopic (exact) mass is 343 g/mol. The molecule has 0 aliphatic rings. The van der Waals surface area contributed by atoms with Gasteiger partial charge in [0.15, 0.2) is 5.78 Å². The minimum atomic E-state index is -0.199. The highest BCUT2D eigenvalue weighted by atomic mass is 32.2. The number of anilines is 1. The zero-order chi connectivity index (χ0) is 17.5. The van der Waals surface area contributed by atoms with Crippen LogP contribution in [0.15, 0.2) is 53.4 Å². The van der Waals surface area contributed by atoms with Crippen LogP contribution in [0, 0.1) is 0 Å². The van der Waals surface area contributed by atoms with Crippen molar-refractivity contribution in [2.45, 2.75) is 30.9 Å². The highest BCUT2D eigenvalue weighted by Gasteiger charge is 2.16. The number of carbonyl (C=O) groups is 2. The lowest BCUT2D eigenvalue weighted by Crippen LogP contribution is -2.13. The molecule has 0 heterocycles. The number of thioether (sulfide) groups is 1. The maximum absolute atomic E-state index is 12.5. The second-order valence-corrected chi connectivity index (χ2v) is 6.70. The molecular formula is C19H21NO3S. The van der Waals surface area contributed by atoms with Crippen LogP contribution in [0.3, 0.4) is 0 Å². The van der Waals surface area contributed by atoms with Crippen LogP contribution in [0.4, 0.5) is 5.69 Å². The van der Waals surface area contributed by atoms with Crippen LogP contribution in [0.25, 0.3) is 0 Å². The standard InChI is InChI=1S/C19H21NO3S/c1-4-23-17-9-5-15(6-10-17)19(22)13(2)24-18-11-7-16(8-12-18)20-14(3)21/h5-13H,4H2,1-3H3,(H,20,21)/t13-/m0/s1. The Morgan fingerprint density at radius 1 is 1.08 bits per heavy atom. The van der Waals surface area contributed by atoms with E-state index in [1.807, 2.05) is 50.2 Å². The Hall–Kier alpha value is -2.27. The Labute approximate surface area is 146 Å². The summed E-state index contributed by atoms with van der Waals surface area (Å²) in [5.41, 5.74) is 1.42. The van der Waals surface area contributed by atoms with E-state index in [2.05, 4.69) is 5.32 Å². The van der Waals surface area contributed by atoms with Crippen molar-refractivity contribution in [3.8, 4) is 5.75 Å². The van der Waals surface area contributed by atoms with Gasteiger partial charge >= 0.3 is 0 Å². The van der Waals surface area contributed by atoms with E-state index in [1.54, 1.807) is 12.1 Å². The van der Waals surface area contributed by atoms with E-state index in [-0.39, 0.29) is 16.9 Å². The molecule has 2 aromatic rings. The van der Waals surface area contributed by atoms with Gasteiger partial charge in [0.25, 0.3) is 0 Å². The maximum atomic E-state index is 12.5. The molecule has 2 rings (SSSR count). The number of rotatable bonds is 7. The highest BCUT2D eigenvalue weighted by molar-refractivity contribution is 8.00. The van der Waals surface area contributed by atoms with Gasteiger partial charge in [0.1, 0.15) is 5.75 Å². The van der Waals surface area contributed by atoms with Crippen molar-refractivity contribution >= 4 is 29.1 Å². The van der Waals surface area contributed by atoms with Gasteiger partial charge < -0.3 is 10.1 Å². The Balaban J connectivity index is 1.99. The number of carbonyl (C=O) groups excluding carboxylic acids is 2. The molecule has 0 fully saturated rings. The number of ether oxygens (including phenoxy) is 1. The van der Waals surface area contributed by atoms with Crippen molar-refractivity contribution in [2.75, 3.05) is 11.9 Å². The van der Waals surface area contributed by atoms with E-state index in [1.165, 1.54) is 18.7 Å². The van der Waals surface area contributed by atoms with E-state index in [0.717, 1.165) is 16.3 Å². The largest absolute Gasteiger partial charge is 0.494 e. The molecule has 1 N–H and O–H groups in total. The molecule has 2 aromatic carbocycles. The molecule has 0 spiro atoms. The number of nitrogens with one attached hydrogen (secondary N) is 1. The summed E-state index contributed by atoms with van der Waals surface area (Å²) in [4.78, 5) is 24.5. The quantitative estimate of drug-likeness (QED) is 0.598. The summed E-state index contributed by atoms with van der Waals surface area (Å²) in [7, 11) is 0. The van der Waals surface area contributed by atoms with Crippen molar-refractivity contribution in [3.05, 3.63) is 54.1 Å². The lowest BCUT2D eigenvalue weighted by molar-refractivity contribution is -0.114. The van der Waals surface area contributed by atoms with Crippen molar-refractivity contribution in [1.82, 2.24) is 0 Å². The van der Waals surface area contributed by atoms with Crippen LogP contribution in [0.2, 0.25) is 0 Å². The molecule has 0 aromatic heterocycles. The van der Waals surface area contributed by atoms with Gasteiger partial charge in [-0.25, -0.2) is 0 Å². The van der Waals surface area contributed by atoms with Gasteiger partial charge in [-0.1, -0.05) is 0 Å². The summed E-state index contributed by atoms with van der Waals surface area (Å²) < 4.78 is 5.39. The Morgan fingerprint density at radius 2 is 1.71 bits per heavy atom. The van der Waals surface area contributed by atoms with E-state index in [9.17, 15) is 9.59 Å². The predicted octanol–water partition coefficient (Wildman–Crippen LogP) is 4.41. The number of hydrogen-bond donors (Lipinski definition) is 1. The zero-order valence-electron chi connectivity index (χ0n) is 14.0. The molecule has 0 aliphatic heterocycles. The summed E-state index contributed by atoms with van der Waals surface area (Å²) in [5.74, 6) is 0.742. The minimum Gasteiger partial charge on any atom is -0.494 e. The van der Waals surface area contributed by atoms with Gasteiger partial charge in [-0.05, 0) is 62.4 Å². The third-order valence-electron chi connectivity index (χ3n) is 3.31.